The van der Waals surface area contributed by atoms with Gasteiger partial charge in [0.2, 0.25) is 0 Å². The van der Waals surface area contributed by atoms with Gasteiger partial charge in [-0.3, -0.25) is 0 Å². The van der Waals surface area contributed by atoms with Crippen molar-refractivity contribution in [3.05, 3.63) is 23.8 Å². The molecular formula is C15H24N2. The predicted molar refractivity (Wildman–Crippen MR) is 75.1 cm³/mol. The molecule has 2 rings (SSSR count). The molecule has 1 aliphatic rings. The number of nitrogens with one attached hydrogen (secondary N) is 1. The number of hydrogen-bond donors (Lipinski definition) is 2. The van der Waals surface area contributed by atoms with Crippen molar-refractivity contribution in [2.75, 3.05) is 17.6 Å². The van der Waals surface area contributed by atoms with Gasteiger partial charge in [0, 0.05) is 17.9 Å². The highest BCUT2D eigenvalue weighted by Crippen LogP contribution is 2.68. The average molecular weight is 232 g/mol. The highest BCUT2D eigenvalue weighted by Gasteiger charge is 2.63. The fourth-order valence-corrected chi connectivity index (χ4v) is 2.98. The van der Waals surface area contributed by atoms with Crippen molar-refractivity contribution in [2.24, 2.45) is 16.7 Å². The first-order chi connectivity index (χ1) is 7.75. The van der Waals surface area contributed by atoms with Gasteiger partial charge < -0.3 is 11.1 Å². The maximum atomic E-state index is 5.85. The number of nitrogens with two attached hydrogens (primary N) is 1. The highest BCUT2D eigenvalue weighted by molar-refractivity contribution is 5.56. The normalized spacial score (nSPS) is 21.2. The van der Waals surface area contributed by atoms with Gasteiger partial charge >= 0.3 is 0 Å². The molecule has 1 aromatic rings. The van der Waals surface area contributed by atoms with Crippen molar-refractivity contribution in [2.45, 2.75) is 34.6 Å². The van der Waals surface area contributed by atoms with Gasteiger partial charge in [-0.2, -0.15) is 0 Å². The Morgan fingerprint density at radius 3 is 2.18 bits per heavy atom. The minimum absolute atomic E-state index is 0.440. The summed E-state index contributed by atoms with van der Waals surface area (Å²) in [5, 5.41) is 3.52. The van der Waals surface area contributed by atoms with Crippen molar-refractivity contribution in [1.29, 1.82) is 0 Å². The molecule has 0 bridgehead atoms. The first-order valence-electron chi connectivity index (χ1n) is 6.36. The van der Waals surface area contributed by atoms with Gasteiger partial charge in [0.15, 0.2) is 0 Å². The third kappa shape index (κ3) is 2.01. The van der Waals surface area contributed by atoms with Crippen molar-refractivity contribution in [1.82, 2.24) is 0 Å². The zero-order valence-electron chi connectivity index (χ0n) is 11.6. The molecule has 0 atom stereocenters. The van der Waals surface area contributed by atoms with E-state index in [-0.39, 0.29) is 0 Å². The smallest absolute Gasteiger partial charge is 0.0363 e. The summed E-state index contributed by atoms with van der Waals surface area (Å²) in [4.78, 5) is 0. The molecule has 17 heavy (non-hydrogen) atoms. The molecule has 0 unspecified atom stereocenters. The first-order valence-corrected chi connectivity index (χ1v) is 6.36. The molecule has 1 aliphatic carbocycles. The van der Waals surface area contributed by atoms with Crippen LogP contribution in [0.15, 0.2) is 18.2 Å². The van der Waals surface area contributed by atoms with Crippen molar-refractivity contribution >= 4 is 11.4 Å². The van der Waals surface area contributed by atoms with Crippen LogP contribution < -0.4 is 11.1 Å². The number of nitrogen functional groups attached to an aromatic ring is 1. The minimum atomic E-state index is 0.440. The van der Waals surface area contributed by atoms with E-state index in [1.54, 1.807) is 0 Å². The molecule has 0 heterocycles. The molecule has 1 fully saturated rings. The van der Waals surface area contributed by atoms with Crippen LogP contribution in [-0.2, 0) is 0 Å². The molecule has 0 radical (unpaired) electrons. The fraction of sp³-hybridized carbons (Fsp3) is 0.600. The van der Waals surface area contributed by atoms with Gasteiger partial charge in [0.25, 0.3) is 0 Å². The molecule has 94 valence electrons. The molecular weight excluding hydrogens is 208 g/mol. The van der Waals surface area contributed by atoms with Crippen LogP contribution in [0.4, 0.5) is 11.4 Å². The van der Waals surface area contributed by atoms with Crippen LogP contribution in [0, 0.1) is 23.7 Å². The topological polar surface area (TPSA) is 38.0 Å². The predicted octanol–water partition coefficient (Wildman–Crippen LogP) is 3.67. The molecule has 0 amide bonds. The molecule has 0 spiro atoms. The Labute approximate surface area is 105 Å². The van der Waals surface area contributed by atoms with Crippen molar-refractivity contribution in [3.8, 4) is 0 Å². The van der Waals surface area contributed by atoms with Crippen LogP contribution in [0.1, 0.15) is 33.3 Å². The van der Waals surface area contributed by atoms with E-state index in [1.807, 2.05) is 12.1 Å². The van der Waals surface area contributed by atoms with E-state index < -0.39 is 0 Å². The van der Waals surface area contributed by atoms with Crippen LogP contribution in [0.2, 0.25) is 0 Å². The van der Waals surface area contributed by atoms with Crippen molar-refractivity contribution in [3.63, 3.8) is 0 Å². The standard InChI is InChI=1S/C15H24N2/c1-10-6-11(16)8-12(7-10)17-9-13-14(2,3)15(13,4)5/h6-8,13,17H,9,16H2,1-5H3. The Balaban J connectivity index is 2.00. The largest absolute Gasteiger partial charge is 0.399 e. The van der Waals surface area contributed by atoms with E-state index in [4.69, 9.17) is 5.73 Å². The molecule has 2 heteroatoms. The second-order valence-electron chi connectivity index (χ2n) is 6.51. The number of hydrogen-bond acceptors (Lipinski definition) is 2. The minimum Gasteiger partial charge on any atom is -0.399 e. The number of anilines is 2. The molecule has 1 saturated carbocycles. The molecule has 0 aliphatic heterocycles. The quantitative estimate of drug-likeness (QED) is 0.780. The summed E-state index contributed by atoms with van der Waals surface area (Å²) < 4.78 is 0. The number of benzene rings is 1. The Hall–Kier alpha value is -1.18. The summed E-state index contributed by atoms with van der Waals surface area (Å²) in [6, 6.07) is 6.16. The summed E-state index contributed by atoms with van der Waals surface area (Å²) in [7, 11) is 0. The Morgan fingerprint density at radius 2 is 1.71 bits per heavy atom. The highest BCUT2D eigenvalue weighted by atomic mass is 14.9. The van der Waals surface area contributed by atoms with E-state index in [1.165, 1.54) is 5.56 Å². The zero-order valence-corrected chi connectivity index (χ0v) is 11.6. The average Bonchev–Trinajstić information content (AvgIpc) is 2.53. The first kappa shape index (κ1) is 12.3. The van der Waals surface area contributed by atoms with Crippen molar-refractivity contribution < 1.29 is 0 Å². The maximum Gasteiger partial charge on any atom is 0.0363 e. The lowest BCUT2D eigenvalue weighted by Crippen LogP contribution is -2.08. The second kappa shape index (κ2) is 3.66. The molecule has 1 aromatic carbocycles. The fourth-order valence-electron chi connectivity index (χ4n) is 2.98. The lowest BCUT2D eigenvalue weighted by Gasteiger charge is -2.09. The summed E-state index contributed by atoms with van der Waals surface area (Å²) in [6.07, 6.45) is 0. The Bertz CT molecular complexity index is 398. The molecule has 0 saturated heterocycles. The maximum absolute atomic E-state index is 5.85. The monoisotopic (exact) mass is 232 g/mol. The SMILES string of the molecule is Cc1cc(N)cc(NCC2C(C)(C)C2(C)C)c1. The zero-order chi connectivity index (χ0) is 12.8. The van der Waals surface area contributed by atoms with Crippen LogP contribution in [0.25, 0.3) is 0 Å². The van der Waals surface area contributed by atoms with E-state index in [2.05, 4.69) is 46.0 Å². The summed E-state index contributed by atoms with van der Waals surface area (Å²) >= 11 is 0. The molecule has 0 aromatic heterocycles. The van der Waals surface area contributed by atoms with E-state index in [0.29, 0.717) is 10.8 Å². The van der Waals surface area contributed by atoms with E-state index >= 15 is 0 Å². The summed E-state index contributed by atoms with van der Waals surface area (Å²) in [5.41, 5.74) is 9.91. The molecule has 3 N–H and O–H groups in total. The number of rotatable bonds is 3. The lowest BCUT2D eigenvalue weighted by molar-refractivity contribution is 0.457. The van der Waals surface area contributed by atoms with Crippen LogP contribution in [0.5, 0.6) is 0 Å². The number of aryl methyl sites for hydroxylation is 1. The van der Waals surface area contributed by atoms with Crippen LogP contribution in [-0.4, -0.2) is 6.54 Å². The van der Waals surface area contributed by atoms with Gasteiger partial charge in [-0.15, -0.1) is 0 Å². The van der Waals surface area contributed by atoms with Gasteiger partial charge in [-0.25, -0.2) is 0 Å². The summed E-state index contributed by atoms with van der Waals surface area (Å²) in [6.45, 7) is 12.5. The van der Waals surface area contributed by atoms with Gasteiger partial charge in [-0.05, 0) is 47.4 Å². The van der Waals surface area contributed by atoms with E-state index in [9.17, 15) is 0 Å². The Kier molecular flexibility index (Phi) is 2.64. The van der Waals surface area contributed by atoms with Gasteiger partial charge in [-0.1, -0.05) is 27.7 Å². The Morgan fingerprint density at radius 1 is 1.12 bits per heavy atom. The summed E-state index contributed by atoms with van der Waals surface area (Å²) in [5.74, 6) is 0.733. The lowest BCUT2D eigenvalue weighted by atomic mass is 10.0. The van der Waals surface area contributed by atoms with E-state index in [0.717, 1.165) is 23.8 Å². The molecule has 2 nitrogen and oxygen atoms in total. The van der Waals surface area contributed by atoms with Crippen LogP contribution >= 0.6 is 0 Å². The van der Waals surface area contributed by atoms with Gasteiger partial charge in [0.1, 0.15) is 0 Å². The third-order valence-electron chi connectivity index (χ3n) is 4.93. The third-order valence-corrected chi connectivity index (χ3v) is 4.93. The van der Waals surface area contributed by atoms with Gasteiger partial charge in [0.05, 0.1) is 0 Å². The van der Waals surface area contributed by atoms with Crippen LogP contribution in [0.3, 0.4) is 0 Å². The second-order valence-corrected chi connectivity index (χ2v) is 6.51.